The van der Waals surface area contributed by atoms with Gasteiger partial charge in [0.05, 0.1) is 29.3 Å². The third-order valence-corrected chi connectivity index (χ3v) is 2.33. The molecule has 0 radical (unpaired) electrons. The molecule has 1 heterocycles. The average molecular weight is 266 g/mol. The van der Waals surface area contributed by atoms with Gasteiger partial charge >= 0.3 is 0 Å². The van der Waals surface area contributed by atoms with Gasteiger partial charge in [-0.05, 0) is 6.07 Å². The molecule has 0 unspecified atom stereocenters. The fourth-order valence-electron chi connectivity index (χ4n) is 1.44. The Morgan fingerprint density at radius 1 is 1.32 bits per heavy atom. The van der Waals surface area contributed by atoms with Crippen molar-refractivity contribution in [2.75, 3.05) is 5.32 Å². The van der Waals surface area contributed by atoms with E-state index in [0.29, 0.717) is 17.8 Å². The van der Waals surface area contributed by atoms with Crippen molar-refractivity contribution in [3.63, 3.8) is 0 Å². The van der Waals surface area contributed by atoms with Crippen LogP contribution in [-0.4, -0.2) is 14.9 Å². The molecule has 0 atom stereocenters. The highest BCUT2D eigenvalue weighted by Gasteiger charge is 2.16. The third-order valence-electron chi connectivity index (χ3n) is 2.33. The van der Waals surface area contributed by atoms with Gasteiger partial charge in [-0.25, -0.2) is 18.7 Å². The number of aromatic nitrogens is 2. The van der Waals surface area contributed by atoms with Gasteiger partial charge in [-0.1, -0.05) is 0 Å². The molecular weight excluding hydrogens is 258 g/mol. The number of hydrogen-bond acceptors (Lipinski definition) is 5. The highest BCUT2D eigenvalue weighted by atomic mass is 19.1. The van der Waals surface area contributed by atoms with Gasteiger partial charge in [0.1, 0.15) is 12.0 Å². The van der Waals surface area contributed by atoms with Gasteiger partial charge in [-0.15, -0.1) is 0 Å². The van der Waals surface area contributed by atoms with Crippen molar-refractivity contribution >= 4 is 11.4 Å². The molecule has 1 N–H and O–H groups in total. The van der Waals surface area contributed by atoms with E-state index in [2.05, 4.69) is 15.3 Å². The number of benzene rings is 1. The molecule has 1 aromatic carbocycles. The van der Waals surface area contributed by atoms with E-state index in [9.17, 15) is 18.9 Å². The monoisotopic (exact) mass is 266 g/mol. The van der Waals surface area contributed by atoms with Crippen LogP contribution in [0, 0.1) is 21.7 Å². The van der Waals surface area contributed by atoms with Crippen molar-refractivity contribution < 1.29 is 13.7 Å². The molecule has 0 aliphatic heterocycles. The summed E-state index contributed by atoms with van der Waals surface area (Å²) in [5.74, 6) is -2.05. The lowest BCUT2D eigenvalue weighted by Crippen LogP contribution is -2.06. The second-order valence-electron chi connectivity index (χ2n) is 3.60. The summed E-state index contributed by atoms with van der Waals surface area (Å²) in [5, 5.41) is 12.9. The largest absolute Gasteiger partial charge is 0.375 e. The predicted octanol–water partition coefficient (Wildman–Crippen LogP) is 2.28. The van der Waals surface area contributed by atoms with Crippen molar-refractivity contribution in [2.45, 2.75) is 6.54 Å². The Morgan fingerprint density at radius 3 is 2.53 bits per heavy atom. The molecule has 0 saturated carbocycles. The van der Waals surface area contributed by atoms with Crippen LogP contribution in [0.1, 0.15) is 5.69 Å². The second-order valence-corrected chi connectivity index (χ2v) is 3.60. The highest BCUT2D eigenvalue weighted by Crippen LogP contribution is 2.25. The maximum absolute atomic E-state index is 13.5. The topological polar surface area (TPSA) is 81.0 Å². The van der Waals surface area contributed by atoms with Gasteiger partial charge in [0, 0.05) is 6.20 Å². The first-order valence-corrected chi connectivity index (χ1v) is 5.20. The normalized spacial score (nSPS) is 10.2. The minimum atomic E-state index is -1.03. The van der Waals surface area contributed by atoms with E-state index < -0.39 is 27.9 Å². The number of anilines is 1. The van der Waals surface area contributed by atoms with Gasteiger partial charge in [-0.2, -0.15) is 0 Å². The Labute approximate surface area is 106 Å². The number of nitrogens with one attached hydrogen (secondary N) is 1. The number of nitro benzene ring substituents is 1. The molecular formula is C11H8F2N4O2. The zero-order valence-electron chi connectivity index (χ0n) is 9.51. The van der Waals surface area contributed by atoms with E-state index in [1.165, 1.54) is 12.5 Å². The van der Waals surface area contributed by atoms with Gasteiger partial charge in [0.15, 0.2) is 11.6 Å². The molecule has 0 fully saturated rings. The van der Waals surface area contributed by atoms with Crippen molar-refractivity contribution in [1.82, 2.24) is 9.97 Å². The zero-order chi connectivity index (χ0) is 13.8. The summed E-state index contributed by atoms with van der Waals surface area (Å²) in [6, 6.07) is 2.89. The van der Waals surface area contributed by atoms with Gasteiger partial charge in [-0.3, -0.25) is 10.1 Å². The molecule has 0 saturated heterocycles. The molecule has 0 bridgehead atoms. The molecule has 2 aromatic rings. The second kappa shape index (κ2) is 5.34. The SMILES string of the molecule is O=[N+]([O-])c1cc(F)c(NCc2ccncn2)c(F)c1. The van der Waals surface area contributed by atoms with Crippen LogP contribution in [-0.2, 0) is 6.54 Å². The Bertz CT molecular complexity index is 584. The summed E-state index contributed by atoms with van der Waals surface area (Å²) >= 11 is 0. The average Bonchev–Trinajstić information content (AvgIpc) is 2.38. The Morgan fingerprint density at radius 2 is 2.00 bits per heavy atom. The maximum Gasteiger partial charge on any atom is 0.275 e. The zero-order valence-corrected chi connectivity index (χ0v) is 9.51. The van der Waals surface area contributed by atoms with Gasteiger partial charge in [0.25, 0.3) is 5.69 Å². The first kappa shape index (κ1) is 12.8. The quantitative estimate of drug-likeness (QED) is 0.678. The molecule has 0 spiro atoms. The number of hydrogen-bond donors (Lipinski definition) is 1. The molecule has 1 aromatic heterocycles. The number of rotatable bonds is 4. The van der Waals surface area contributed by atoms with E-state index in [1.807, 2.05) is 0 Å². The van der Waals surface area contributed by atoms with Crippen LogP contribution in [0.2, 0.25) is 0 Å². The summed E-state index contributed by atoms with van der Waals surface area (Å²) < 4.78 is 27.1. The lowest BCUT2D eigenvalue weighted by Gasteiger charge is -2.08. The number of halogens is 2. The van der Waals surface area contributed by atoms with Gasteiger partial charge < -0.3 is 5.32 Å². The molecule has 98 valence electrons. The summed E-state index contributed by atoms with van der Waals surface area (Å²) in [5.41, 5.74) is -0.529. The lowest BCUT2D eigenvalue weighted by atomic mass is 10.2. The van der Waals surface area contributed by atoms with Crippen LogP contribution < -0.4 is 5.32 Å². The Kier molecular flexibility index (Phi) is 3.60. The van der Waals surface area contributed by atoms with E-state index in [-0.39, 0.29) is 6.54 Å². The van der Waals surface area contributed by atoms with Crippen LogP contribution in [0.5, 0.6) is 0 Å². The summed E-state index contributed by atoms with van der Waals surface area (Å²) in [7, 11) is 0. The van der Waals surface area contributed by atoms with Gasteiger partial charge in [0.2, 0.25) is 0 Å². The van der Waals surface area contributed by atoms with Crippen LogP contribution in [0.3, 0.4) is 0 Å². The summed E-state index contributed by atoms with van der Waals surface area (Å²) in [6.07, 6.45) is 2.80. The van der Waals surface area contributed by atoms with E-state index >= 15 is 0 Å². The standard InChI is InChI=1S/C11H8F2N4O2/c12-9-3-8(17(18)19)4-10(13)11(9)15-5-7-1-2-14-6-16-7/h1-4,6,15H,5H2. The number of nitrogens with zero attached hydrogens (tertiary/aromatic N) is 3. The third kappa shape index (κ3) is 2.97. The van der Waals surface area contributed by atoms with Crippen molar-refractivity contribution in [1.29, 1.82) is 0 Å². The minimum Gasteiger partial charge on any atom is -0.375 e. The summed E-state index contributed by atoms with van der Waals surface area (Å²) in [6.45, 7) is 0.0776. The number of nitro groups is 1. The fraction of sp³-hybridized carbons (Fsp3) is 0.0909. The molecule has 8 heteroatoms. The predicted molar refractivity (Wildman–Crippen MR) is 62.4 cm³/mol. The Balaban J connectivity index is 2.19. The minimum absolute atomic E-state index is 0.0776. The first-order valence-electron chi connectivity index (χ1n) is 5.20. The van der Waals surface area contributed by atoms with E-state index in [4.69, 9.17) is 0 Å². The van der Waals surface area contributed by atoms with Crippen LogP contribution in [0.4, 0.5) is 20.2 Å². The van der Waals surface area contributed by atoms with Crippen LogP contribution >= 0.6 is 0 Å². The van der Waals surface area contributed by atoms with E-state index in [0.717, 1.165) is 0 Å². The lowest BCUT2D eigenvalue weighted by molar-refractivity contribution is -0.385. The molecule has 0 aliphatic carbocycles. The van der Waals surface area contributed by atoms with Crippen LogP contribution in [0.15, 0.2) is 30.7 Å². The highest BCUT2D eigenvalue weighted by molar-refractivity contribution is 5.51. The molecule has 19 heavy (non-hydrogen) atoms. The fourth-order valence-corrected chi connectivity index (χ4v) is 1.44. The molecule has 2 rings (SSSR count). The molecule has 6 nitrogen and oxygen atoms in total. The smallest absolute Gasteiger partial charge is 0.275 e. The van der Waals surface area contributed by atoms with Crippen molar-refractivity contribution in [3.05, 3.63) is 58.2 Å². The van der Waals surface area contributed by atoms with Crippen molar-refractivity contribution in [2.24, 2.45) is 0 Å². The first-order chi connectivity index (χ1) is 9.08. The van der Waals surface area contributed by atoms with Crippen LogP contribution in [0.25, 0.3) is 0 Å². The maximum atomic E-state index is 13.5. The number of non-ortho nitro benzene ring substituents is 1. The molecule has 0 aliphatic rings. The van der Waals surface area contributed by atoms with E-state index in [1.54, 1.807) is 6.07 Å². The Hall–Kier alpha value is -2.64. The van der Waals surface area contributed by atoms with Crippen molar-refractivity contribution in [3.8, 4) is 0 Å². The molecule has 0 amide bonds. The summed E-state index contributed by atoms with van der Waals surface area (Å²) in [4.78, 5) is 17.1.